The van der Waals surface area contributed by atoms with Gasteiger partial charge in [-0.15, -0.1) is 11.3 Å². The first-order valence-corrected chi connectivity index (χ1v) is 9.18. The molecule has 0 aliphatic rings. The maximum Gasteiger partial charge on any atom is 0.263 e. The lowest BCUT2D eigenvalue weighted by molar-refractivity contribution is -0.116. The highest BCUT2D eigenvalue weighted by Crippen LogP contribution is 2.30. The molecule has 0 fully saturated rings. The van der Waals surface area contributed by atoms with E-state index in [4.69, 9.17) is 0 Å². The second-order valence-corrected chi connectivity index (χ2v) is 6.90. The van der Waals surface area contributed by atoms with Gasteiger partial charge >= 0.3 is 0 Å². The Morgan fingerprint density at radius 1 is 1.11 bits per heavy atom. The molecule has 0 unspecified atom stereocenters. The maximum atomic E-state index is 13.7. The molecule has 2 aromatic heterocycles. The topological polar surface area (TPSA) is 64.0 Å². The molecule has 8 heteroatoms. The van der Waals surface area contributed by atoms with Crippen LogP contribution in [0.5, 0.6) is 0 Å². The molecule has 5 nitrogen and oxygen atoms in total. The van der Waals surface area contributed by atoms with Crippen molar-refractivity contribution >= 4 is 33.1 Å². The van der Waals surface area contributed by atoms with E-state index >= 15 is 0 Å². The van der Waals surface area contributed by atoms with Crippen LogP contribution >= 0.6 is 11.3 Å². The lowest BCUT2D eigenvalue weighted by atomic mass is 10.1. The van der Waals surface area contributed by atoms with Crippen molar-refractivity contribution in [3.8, 4) is 11.1 Å². The SMILES string of the molecule is O=C(Cn1cnc2scc(-c3ccc(F)cc3)c2c1=O)Nc1ccccc1F. The number of nitrogens with zero attached hydrogens (tertiary/aromatic N) is 2. The molecule has 0 aliphatic carbocycles. The Bertz CT molecular complexity index is 1230. The molecule has 0 spiro atoms. The Balaban J connectivity index is 1.67. The number of amides is 1. The number of carbonyl (C=O) groups is 1. The Morgan fingerprint density at radius 3 is 2.61 bits per heavy atom. The zero-order chi connectivity index (χ0) is 19.7. The fourth-order valence-corrected chi connectivity index (χ4v) is 3.74. The first kappa shape index (κ1) is 18.0. The zero-order valence-electron chi connectivity index (χ0n) is 14.4. The van der Waals surface area contributed by atoms with E-state index in [1.54, 1.807) is 23.6 Å². The monoisotopic (exact) mass is 397 g/mol. The van der Waals surface area contributed by atoms with E-state index in [2.05, 4.69) is 10.3 Å². The summed E-state index contributed by atoms with van der Waals surface area (Å²) in [5.41, 5.74) is 0.952. The lowest BCUT2D eigenvalue weighted by Crippen LogP contribution is -2.28. The lowest BCUT2D eigenvalue weighted by Gasteiger charge is -2.08. The van der Waals surface area contributed by atoms with E-state index in [0.717, 1.165) is 4.57 Å². The second-order valence-electron chi connectivity index (χ2n) is 6.04. The van der Waals surface area contributed by atoms with Crippen molar-refractivity contribution in [1.82, 2.24) is 9.55 Å². The summed E-state index contributed by atoms with van der Waals surface area (Å²) in [6.07, 6.45) is 1.29. The van der Waals surface area contributed by atoms with Crippen molar-refractivity contribution in [1.29, 1.82) is 0 Å². The van der Waals surface area contributed by atoms with Gasteiger partial charge in [-0.25, -0.2) is 13.8 Å². The number of aromatic nitrogens is 2. The van der Waals surface area contributed by atoms with Crippen LogP contribution < -0.4 is 10.9 Å². The number of benzene rings is 2. The summed E-state index contributed by atoms with van der Waals surface area (Å²) in [5.74, 6) is -1.48. The van der Waals surface area contributed by atoms with Crippen molar-refractivity contribution in [2.24, 2.45) is 0 Å². The zero-order valence-corrected chi connectivity index (χ0v) is 15.2. The highest BCUT2D eigenvalue weighted by Gasteiger charge is 2.15. The first-order chi connectivity index (χ1) is 13.5. The van der Waals surface area contributed by atoms with E-state index in [9.17, 15) is 18.4 Å². The van der Waals surface area contributed by atoms with Gasteiger partial charge in [0, 0.05) is 10.9 Å². The third kappa shape index (κ3) is 3.41. The van der Waals surface area contributed by atoms with Gasteiger partial charge in [-0.2, -0.15) is 0 Å². The number of hydrogen-bond acceptors (Lipinski definition) is 4. The van der Waals surface area contributed by atoms with Gasteiger partial charge in [0.15, 0.2) is 0 Å². The van der Waals surface area contributed by atoms with E-state index in [1.807, 2.05) is 0 Å². The van der Waals surface area contributed by atoms with Gasteiger partial charge in [-0.05, 0) is 29.8 Å². The van der Waals surface area contributed by atoms with Crippen LogP contribution in [0, 0.1) is 11.6 Å². The fourth-order valence-electron chi connectivity index (χ4n) is 2.83. The predicted molar refractivity (Wildman–Crippen MR) is 104 cm³/mol. The summed E-state index contributed by atoms with van der Waals surface area (Å²) >= 11 is 1.29. The number of hydrogen-bond donors (Lipinski definition) is 1. The molecule has 1 amide bonds. The molecule has 0 bridgehead atoms. The van der Waals surface area contributed by atoms with E-state index in [1.165, 1.54) is 48.0 Å². The normalized spacial score (nSPS) is 10.9. The number of rotatable bonds is 4. The molecule has 2 aromatic carbocycles. The average molecular weight is 397 g/mol. The van der Waals surface area contributed by atoms with E-state index < -0.39 is 17.3 Å². The quantitative estimate of drug-likeness (QED) is 0.565. The Morgan fingerprint density at radius 2 is 1.86 bits per heavy atom. The number of carbonyl (C=O) groups excluding carboxylic acids is 1. The molecule has 4 aromatic rings. The van der Waals surface area contributed by atoms with Crippen molar-refractivity contribution < 1.29 is 13.6 Å². The smallest absolute Gasteiger partial charge is 0.263 e. The molecule has 0 atom stereocenters. The molecule has 140 valence electrons. The Kier molecular flexibility index (Phi) is 4.70. The highest BCUT2D eigenvalue weighted by molar-refractivity contribution is 7.17. The Labute approximate surface area is 161 Å². The third-order valence-electron chi connectivity index (χ3n) is 4.18. The minimum absolute atomic E-state index is 0.0390. The van der Waals surface area contributed by atoms with Crippen molar-refractivity contribution in [2.45, 2.75) is 6.54 Å². The van der Waals surface area contributed by atoms with Crippen molar-refractivity contribution in [2.75, 3.05) is 5.32 Å². The van der Waals surface area contributed by atoms with Crippen molar-refractivity contribution in [3.05, 3.63) is 82.2 Å². The largest absolute Gasteiger partial charge is 0.322 e. The van der Waals surface area contributed by atoms with Gasteiger partial charge in [-0.1, -0.05) is 24.3 Å². The van der Waals surface area contributed by atoms with Gasteiger partial charge in [0.2, 0.25) is 5.91 Å². The maximum absolute atomic E-state index is 13.7. The average Bonchev–Trinajstić information content (AvgIpc) is 3.11. The molecule has 2 heterocycles. The summed E-state index contributed by atoms with van der Waals surface area (Å²) in [7, 11) is 0. The van der Waals surface area contributed by atoms with Crippen LogP contribution in [-0.4, -0.2) is 15.5 Å². The third-order valence-corrected chi connectivity index (χ3v) is 5.06. The minimum Gasteiger partial charge on any atom is -0.322 e. The van der Waals surface area contributed by atoms with Gasteiger partial charge < -0.3 is 5.32 Å². The summed E-state index contributed by atoms with van der Waals surface area (Å²) in [4.78, 5) is 29.9. The standard InChI is InChI=1S/C20H13F2N3O2S/c21-13-7-5-12(6-8-13)14-10-28-19-18(14)20(27)25(11-23-19)9-17(26)24-16-4-2-1-3-15(16)22/h1-8,10-11H,9H2,(H,24,26). The summed E-state index contributed by atoms with van der Waals surface area (Å²) in [6.45, 7) is -0.311. The van der Waals surface area contributed by atoms with Crippen LogP contribution in [0.3, 0.4) is 0 Å². The number of nitrogens with one attached hydrogen (secondary N) is 1. The van der Waals surface area contributed by atoms with Crippen LogP contribution in [0.2, 0.25) is 0 Å². The molecule has 4 rings (SSSR count). The van der Waals surface area contributed by atoms with Crippen LogP contribution in [0.4, 0.5) is 14.5 Å². The highest BCUT2D eigenvalue weighted by atomic mass is 32.1. The van der Waals surface area contributed by atoms with Gasteiger partial charge in [0.25, 0.3) is 5.56 Å². The fraction of sp³-hybridized carbons (Fsp3) is 0.0500. The number of thiophene rings is 1. The second kappa shape index (κ2) is 7.32. The first-order valence-electron chi connectivity index (χ1n) is 8.30. The number of anilines is 1. The van der Waals surface area contributed by atoms with Crippen molar-refractivity contribution in [3.63, 3.8) is 0 Å². The minimum atomic E-state index is -0.562. The van der Waals surface area contributed by atoms with Gasteiger partial charge in [-0.3, -0.25) is 14.2 Å². The van der Waals surface area contributed by atoms with Gasteiger partial charge in [0.05, 0.1) is 17.4 Å². The molecule has 28 heavy (non-hydrogen) atoms. The van der Waals surface area contributed by atoms with Crippen LogP contribution in [0.1, 0.15) is 0 Å². The molecule has 0 aliphatic heterocycles. The van der Waals surface area contributed by atoms with E-state index in [-0.39, 0.29) is 18.0 Å². The summed E-state index contributed by atoms with van der Waals surface area (Å²) < 4.78 is 28.0. The van der Waals surface area contributed by atoms with Crippen LogP contribution in [-0.2, 0) is 11.3 Å². The molecule has 1 N–H and O–H groups in total. The molecular weight excluding hydrogens is 384 g/mol. The molecule has 0 radical (unpaired) electrons. The number of fused-ring (bicyclic) bond motifs is 1. The molecule has 0 saturated heterocycles. The molecule has 0 saturated carbocycles. The van der Waals surface area contributed by atoms with E-state index in [0.29, 0.717) is 21.3 Å². The van der Waals surface area contributed by atoms with Gasteiger partial charge in [0.1, 0.15) is 23.0 Å². The Hall–Kier alpha value is -3.39. The summed E-state index contributed by atoms with van der Waals surface area (Å²) in [5, 5.41) is 4.57. The summed E-state index contributed by atoms with van der Waals surface area (Å²) in [6, 6.07) is 11.6. The van der Waals surface area contributed by atoms with Crippen LogP contribution in [0.15, 0.2) is 65.0 Å². The van der Waals surface area contributed by atoms with Crippen LogP contribution in [0.25, 0.3) is 21.3 Å². The number of para-hydroxylation sites is 1. The molecular formula is C20H13F2N3O2S. The number of halogens is 2. The predicted octanol–water partition coefficient (Wildman–Crippen LogP) is 4.04.